The Bertz CT molecular complexity index is 429. The highest BCUT2D eigenvalue weighted by Crippen LogP contribution is 2.32. The number of alkyl halides is 8. The van der Waals surface area contributed by atoms with Crippen molar-refractivity contribution in [1.82, 2.24) is 0 Å². The van der Waals surface area contributed by atoms with Gasteiger partial charge in [-0.25, -0.2) is 8.42 Å². The highest BCUT2D eigenvalue weighted by Gasteiger charge is 2.38. The summed E-state index contributed by atoms with van der Waals surface area (Å²) in [6, 6.07) is 0. The molecule has 0 spiro atoms. The Balaban J connectivity index is 5.30. The van der Waals surface area contributed by atoms with E-state index in [-0.39, 0.29) is 37.4 Å². The highest BCUT2D eigenvalue weighted by molar-refractivity contribution is 7.92. The van der Waals surface area contributed by atoms with Crippen LogP contribution in [0.4, 0.5) is 26.3 Å². The molecule has 0 N–H and O–H groups in total. The first-order valence-corrected chi connectivity index (χ1v) is 10.5. The molecule has 2 unspecified atom stereocenters. The van der Waals surface area contributed by atoms with Crippen molar-refractivity contribution in [3.05, 3.63) is 0 Å². The number of hydrogen-bond acceptors (Lipinski definition) is 2. The smallest absolute Gasteiger partial charge is 0.228 e. The van der Waals surface area contributed by atoms with Crippen LogP contribution in [-0.2, 0) is 9.84 Å². The van der Waals surface area contributed by atoms with Crippen molar-refractivity contribution in [2.75, 3.05) is 11.8 Å². The van der Waals surface area contributed by atoms with E-state index in [9.17, 15) is 34.8 Å². The Hall–Kier alpha value is 0.110. The molecular weight excluding hydrogens is 417 g/mol. The van der Waals surface area contributed by atoms with E-state index >= 15 is 0 Å². The Morgan fingerprint density at radius 3 is 1.24 bits per heavy atom. The molecule has 0 heterocycles. The number of sulfone groups is 1. The predicted octanol–water partition coefficient (Wildman–Crippen LogP) is 5.86. The van der Waals surface area contributed by atoms with E-state index in [0.29, 0.717) is 0 Å². The molecular formula is C14H22Cl2F6O2S. The minimum atomic E-state index is -4.54. The summed E-state index contributed by atoms with van der Waals surface area (Å²) in [6.45, 7) is 0. The van der Waals surface area contributed by atoms with Gasteiger partial charge >= 0.3 is 12.4 Å². The number of rotatable bonds is 12. The van der Waals surface area contributed by atoms with Crippen LogP contribution in [-0.4, -0.2) is 43.0 Å². The van der Waals surface area contributed by atoms with Crippen LogP contribution < -0.4 is 0 Å². The van der Waals surface area contributed by atoms with Gasteiger partial charge in [0.1, 0.15) is 0 Å². The van der Waals surface area contributed by atoms with Crippen LogP contribution in [0, 0.1) is 0 Å². The van der Waals surface area contributed by atoms with Gasteiger partial charge in [-0.3, -0.25) is 0 Å². The van der Waals surface area contributed by atoms with Crippen molar-refractivity contribution in [3.63, 3.8) is 0 Å². The second-order valence-electron chi connectivity index (χ2n) is 5.80. The molecule has 0 aliphatic heterocycles. The Kier molecular flexibility index (Phi) is 11.1. The quantitative estimate of drug-likeness (QED) is 0.282. The fourth-order valence-corrected chi connectivity index (χ4v) is 5.21. The first kappa shape index (κ1) is 25.1. The minimum Gasteiger partial charge on any atom is -0.228 e. The molecule has 0 aromatic carbocycles. The Morgan fingerprint density at radius 2 is 1.00 bits per heavy atom. The number of hydrogen-bond donors (Lipinski definition) is 0. The number of halogens is 8. The van der Waals surface area contributed by atoms with E-state index in [2.05, 4.69) is 0 Å². The molecule has 0 fully saturated rings. The Labute approximate surface area is 154 Å². The summed E-state index contributed by atoms with van der Waals surface area (Å²) < 4.78 is 100.0. The third-order valence-electron chi connectivity index (χ3n) is 3.75. The average molecular weight is 439 g/mol. The van der Waals surface area contributed by atoms with Crippen LogP contribution in [0.1, 0.15) is 51.4 Å². The largest absolute Gasteiger partial charge is 0.389 e. The van der Waals surface area contributed by atoms with Gasteiger partial charge in [0.25, 0.3) is 0 Å². The third-order valence-corrected chi connectivity index (χ3v) is 7.08. The summed E-state index contributed by atoms with van der Waals surface area (Å²) in [4.78, 5) is 0. The van der Waals surface area contributed by atoms with E-state index in [1.807, 2.05) is 0 Å². The molecule has 152 valence electrons. The maximum Gasteiger partial charge on any atom is 0.389 e. The molecule has 0 saturated heterocycles. The van der Waals surface area contributed by atoms with E-state index < -0.39 is 58.4 Å². The fourth-order valence-electron chi connectivity index (χ4n) is 2.48. The topological polar surface area (TPSA) is 34.1 Å². The molecule has 11 heteroatoms. The van der Waals surface area contributed by atoms with Crippen molar-refractivity contribution in [2.45, 2.75) is 74.2 Å². The molecule has 0 radical (unpaired) electrons. The zero-order chi connectivity index (χ0) is 19.7. The van der Waals surface area contributed by atoms with Crippen LogP contribution in [0.2, 0.25) is 0 Å². The van der Waals surface area contributed by atoms with Crippen molar-refractivity contribution in [2.24, 2.45) is 0 Å². The van der Waals surface area contributed by atoms with Gasteiger partial charge in [-0.15, -0.1) is 23.2 Å². The zero-order valence-electron chi connectivity index (χ0n) is 13.5. The first-order valence-electron chi connectivity index (χ1n) is 7.81. The monoisotopic (exact) mass is 438 g/mol. The maximum absolute atomic E-state index is 12.7. The molecule has 0 saturated carbocycles. The molecule has 2 atom stereocenters. The van der Waals surface area contributed by atoms with Crippen LogP contribution in [0.25, 0.3) is 0 Å². The molecule has 0 rings (SSSR count). The van der Waals surface area contributed by atoms with Gasteiger partial charge in [0.15, 0.2) is 9.84 Å². The first-order chi connectivity index (χ1) is 11.3. The van der Waals surface area contributed by atoms with E-state index in [4.69, 9.17) is 23.2 Å². The van der Waals surface area contributed by atoms with Gasteiger partial charge in [-0.2, -0.15) is 26.3 Å². The van der Waals surface area contributed by atoms with Crippen molar-refractivity contribution in [3.8, 4) is 0 Å². The van der Waals surface area contributed by atoms with Crippen LogP contribution in [0.15, 0.2) is 0 Å². The lowest BCUT2D eigenvalue weighted by Crippen LogP contribution is -2.34. The van der Waals surface area contributed by atoms with Gasteiger partial charge < -0.3 is 0 Å². The lowest BCUT2D eigenvalue weighted by atomic mass is 10.1. The fraction of sp³-hybridized carbons (Fsp3) is 1.00. The van der Waals surface area contributed by atoms with Crippen LogP contribution >= 0.6 is 23.2 Å². The van der Waals surface area contributed by atoms with Gasteiger partial charge in [-0.05, 0) is 38.5 Å². The second-order valence-corrected chi connectivity index (χ2v) is 9.07. The van der Waals surface area contributed by atoms with E-state index in [1.165, 1.54) is 0 Å². The summed E-state index contributed by atoms with van der Waals surface area (Å²) in [5.41, 5.74) is 0. The summed E-state index contributed by atoms with van der Waals surface area (Å²) in [5, 5.41) is -2.72. The molecule has 0 bridgehead atoms. The minimum absolute atomic E-state index is 0.0624. The predicted molar refractivity (Wildman–Crippen MR) is 87.0 cm³/mol. The van der Waals surface area contributed by atoms with Gasteiger partial charge in [0.2, 0.25) is 0 Å². The molecule has 0 aliphatic rings. The average Bonchev–Trinajstić information content (AvgIpc) is 2.44. The Morgan fingerprint density at radius 1 is 0.680 bits per heavy atom. The second kappa shape index (κ2) is 11.1. The lowest BCUT2D eigenvalue weighted by molar-refractivity contribution is -0.136. The SMILES string of the molecule is O=S(=O)(C(CCCCl)CCC(F)(F)F)C(CCCCl)CCC(F)(F)F. The van der Waals surface area contributed by atoms with Crippen molar-refractivity contribution in [1.29, 1.82) is 0 Å². The summed E-state index contributed by atoms with van der Waals surface area (Å²) >= 11 is 11.0. The molecule has 25 heavy (non-hydrogen) atoms. The molecule has 2 nitrogen and oxygen atoms in total. The molecule has 0 aliphatic carbocycles. The molecule has 0 amide bonds. The van der Waals surface area contributed by atoms with Crippen molar-refractivity contribution >= 4 is 33.0 Å². The van der Waals surface area contributed by atoms with E-state index in [0.717, 1.165) is 0 Å². The zero-order valence-corrected chi connectivity index (χ0v) is 15.8. The third kappa shape index (κ3) is 11.4. The highest BCUT2D eigenvalue weighted by atomic mass is 35.5. The van der Waals surface area contributed by atoms with Gasteiger partial charge in [0.05, 0.1) is 10.5 Å². The normalized spacial score (nSPS) is 16.0. The van der Waals surface area contributed by atoms with Crippen LogP contribution in [0.5, 0.6) is 0 Å². The summed E-state index contributed by atoms with van der Waals surface area (Å²) in [5.74, 6) is 0.125. The lowest BCUT2D eigenvalue weighted by Gasteiger charge is -2.25. The van der Waals surface area contributed by atoms with Gasteiger partial charge in [-0.1, -0.05) is 0 Å². The molecule has 0 aromatic rings. The summed E-state index contributed by atoms with van der Waals surface area (Å²) in [7, 11) is -4.17. The van der Waals surface area contributed by atoms with E-state index in [1.54, 1.807) is 0 Å². The maximum atomic E-state index is 12.7. The van der Waals surface area contributed by atoms with Gasteiger partial charge in [0, 0.05) is 24.6 Å². The standard InChI is InChI=1S/C14H22Cl2F6O2S/c15-9-1-3-11(5-7-13(17,18)19)25(23,24)12(4-2-10-16)6-8-14(20,21)22/h11-12H,1-10H2. The summed E-state index contributed by atoms with van der Waals surface area (Å²) in [6.07, 6.45) is -12.9. The van der Waals surface area contributed by atoms with Crippen LogP contribution in [0.3, 0.4) is 0 Å². The molecule has 0 aromatic heterocycles. The van der Waals surface area contributed by atoms with Crippen molar-refractivity contribution < 1.29 is 34.8 Å².